The van der Waals surface area contributed by atoms with Crippen LogP contribution in [0.4, 0.5) is 0 Å². The molecule has 0 nitrogen and oxygen atoms in total. The average Bonchev–Trinajstić information content (AvgIpc) is 2.76. The Labute approximate surface area is 130 Å². The van der Waals surface area contributed by atoms with E-state index in [9.17, 15) is 0 Å². The van der Waals surface area contributed by atoms with Crippen molar-refractivity contribution < 1.29 is 0 Å². The monoisotopic (exact) mass is 281 g/mol. The fourth-order valence-corrected chi connectivity index (χ4v) is 6.29. The Balaban J connectivity index is 1.73. The van der Waals surface area contributed by atoms with Crippen LogP contribution in [0, 0.1) is 35.5 Å². The van der Waals surface area contributed by atoms with Gasteiger partial charge in [-0.3, -0.25) is 0 Å². The summed E-state index contributed by atoms with van der Waals surface area (Å²) < 4.78 is 0. The van der Waals surface area contributed by atoms with E-state index >= 15 is 0 Å². The first-order chi connectivity index (χ1) is 9.95. The molecule has 2 fully saturated rings. The van der Waals surface area contributed by atoms with Crippen molar-refractivity contribution >= 4 is 0 Å². The van der Waals surface area contributed by atoms with Crippen LogP contribution in [-0.2, 0) is 0 Å². The van der Waals surface area contributed by atoms with Crippen molar-refractivity contribution in [3.8, 4) is 0 Å². The van der Waals surface area contributed by atoms with Gasteiger partial charge in [-0.25, -0.2) is 0 Å². The summed E-state index contributed by atoms with van der Waals surface area (Å²) in [6.07, 6.45) is 14.2. The van der Waals surface area contributed by atoms with Gasteiger partial charge in [-0.2, -0.15) is 0 Å². The molecule has 1 radical (unpaired) electrons. The molecule has 0 amide bonds. The largest absolute Gasteiger partial charge is 0.0993 e. The summed E-state index contributed by atoms with van der Waals surface area (Å²) in [5.74, 6) is 2.69. The fraction of sp³-hybridized carbons (Fsp3) is 0.667. The lowest BCUT2D eigenvalue weighted by Gasteiger charge is -2.56. The zero-order chi connectivity index (χ0) is 14.8. The molecule has 0 spiro atoms. The molecule has 4 aliphatic rings. The molecule has 0 aromatic heterocycles. The molecule has 0 N–H and O–H groups in total. The number of hydrogen-bond donors (Lipinski definition) is 0. The van der Waals surface area contributed by atoms with E-state index in [2.05, 4.69) is 39.5 Å². The first kappa shape index (κ1) is 13.9. The van der Waals surface area contributed by atoms with Gasteiger partial charge in [0.1, 0.15) is 0 Å². The van der Waals surface area contributed by atoms with Gasteiger partial charge in [-0.1, -0.05) is 43.7 Å². The SMILES string of the molecule is [CH2]C1=CC2=CCC3C(CC[C@]4(C)C(=C)CCC34)[C@@]2(C)CC1. The lowest BCUT2D eigenvalue weighted by atomic mass is 9.48. The maximum absolute atomic E-state index is 4.42. The Hall–Kier alpha value is -0.780. The molecule has 0 aliphatic heterocycles. The van der Waals surface area contributed by atoms with E-state index in [1.165, 1.54) is 50.5 Å². The topological polar surface area (TPSA) is 0 Å². The Morgan fingerprint density at radius 1 is 1.05 bits per heavy atom. The minimum atomic E-state index is 0.426. The van der Waals surface area contributed by atoms with E-state index < -0.39 is 0 Å². The van der Waals surface area contributed by atoms with Crippen molar-refractivity contribution in [2.24, 2.45) is 28.6 Å². The number of hydrogen-bond acceptors (Lipinski definition) is 0. The minimum absolute atomic E-state index is 0.426. The third kappa shape index (κ3) is 1.74. The molecular weight excluding hydrogens is 252 g/mol. The van der Waals surface area contributed by atoms with Crippen molar-refractivity contribution in [1.29, 1.82) is 0 Å². The van der Waals surface area contributed by atoms with Crippen LogP contribution in [0.25, 0.3) is 0 Å². The molecule has 0 saturated heterocycles. The second-order valence-electron chi connectivity index (χ2n) is 8.59. The summed E-state index contributed by atoms with van der Waals surface area (Å²) in [6, 6.07) is 0. The molecule has 113 valence electrons. The fourth-order valence-electron chi connectivity index (χ4n) is 6.29. The summed E-state index contributed by atoms with van der Waals surface area (Å²) in [6.45, 7) is 13.7. The zero-order valence-corrected chi connectivity index (χ0v) is 13.8. The third-order valence-electron chi connectivity index (χ3n) is 7.80. The Morgan fingerprint density at radius 2 is 1.81 bits per heavy atom. The van der Waals surface area contributed by atoms with Crippen molar-refractivity contribution in [2.45, 2.75) is 58.8 Å². The maximum atomic E-state index is 4.42. The van der Waals surface area contributed by atoms with Crippen LogP contribution in [0.15, 0.2) is 35.5 Å². The molecule has 4 aliphatic carbocycles. The lowest BCUT2D eigenvalue weighted by molar-refractivity contribution is -0.00594. The highest BCUT2D eigenvalue weighted by molar-refractivity contribution is 5.38. The summed E-state index contributed by atoms with van der Waals surface area (Å²) in [7, 11) is 0. The normalized spacial score (nSPS) is 48.9. The average molecular weight is 281 g/mol. The number of rotatable bonds is 0. The molecule has 21 heavy (non-hydrogen) atoms. The van der Waals surface area contributed by atoms with Crippen LogP contribution in [0.1, 0.15) is 58.8 Å². The molecule has 0 heterocycles. The van der Waals surface area contributed by atoms with Crippen LogP contribution in [0.3, 0.4) is 0 Å². The number of allylic oxidation sites excluding steroid dienone is 5. The minimum Gasteiger partial charge on any atom is -0.0993 e. The standard InChI is InChI=1S/C21H29/c1-14-9-11-21(4)16(13-14)6-7-17-18-8-5-15(2)20(18,3)12-10-19(17)21/h6,13,17-19H,1-2,5,7-12H2,3-4H3/t17?,18?,19?,20-,21+/m1/s1. The molecular formula is C21H29. The van der Waals surface area contributed by atoms with Crippen molar-refractivity contribution in [1.82, 2.24) is 0 Å². The molecule has 2 saturated carbocycles. The van der Waals surface area contributed by atoms with Crippen molar-refractivity contribution in [3.05, 3.63) is 42.4 Å². The smallest absolute Gasteiger partial charge is 0.00443 e. The first-order valence-electron chi connectivity index (χ1n) is 8.86. The summed E-state index contributed by atoms with van der Waals surface area (Å²) >= 11 is 0. The molecule has 0 heteroatoms. The van der Waals surface area contributed by atoms with E-state index in [1.54, 1.807) is 11.1 Å². The Bertz CT molecular complexity index is 548. The van der Waals surface area contributed by atoms with Crippen LogP contribution in [-0.4, -0.2) is 0 Å². The highest BCUT2D eigenvalue weighted by Gasteiger charge is 2.56. The second-order valence-corrected chi connectivity index (χ2v) is 8.59. The van der Waals surface area contributed by atoms with Crippen LogP contribution in [0.2, 0.25) is 0 Å². The highest BCUT2D eigenvalue weighted by atomic mass is 14.6. The predicted molar refractivity (Wildman–Crippen MR) is 89.7 cm³/mol. The molecule has 5 atom stereocenters. The summed E-state index contributed by atoms with van der Waals surface area (Å²) in [5, 5.41) is 0. The second kappa shape index (κ2) is 4.37. The molecule has 0 aromatic carbocycles. The van der Waals surface area contributed by atoms with Gasteiger partial charge in [0.25, 0.3) is 0 Å². The van der Waals surface area contributed by atoms with Gasteiger partial charge < -0.3 is 0 Å². The van der Waals surface area contributed by atoms with Crippen LogP contribution in [0.5, 0.6) is 0 Å². The molecule has 4 rings (SSSR count). The van der Waals surface area contributed by atoms with Gasteiger partial charge in [0.2, 0.25) is 0 Å². The third-order valence-corrected chi connectivity index (χ3v) is 7.80. The number of fused-ring (bicyclic) bond motifs is 5. The van der Waals surface area contributed by atoms with Crippen molar-refractivity contribution in [3.63, 3.8) is 0 Å². The Morgan fingerprint density at radius 3 is 2.62 bits per heavy atom. The van der Waals surface area contributed by atoms with Crippen LogP contribution < -0.4 is 0 Å². The summed E-state index contributed by atoms with van der Waals surface area (Å²) in [4.78, 5) is 0. The van der Waals surface area contributed by atoms with Gasteiger partial charge in [0.05, 0.1) is 0 Å². The van der Waals surface area contributed by atoms with Gasteiger partial charge in [0, 0.05) is 0 Å². The summed E-state index contributed by atoms with van der Waals surface area (Å²) in [5.41, 5.74) is 5.38. The maximum Gasteiger partial charge on any atom is -0.00443 e. The molecule has 3 unspecified atom stereocenters. The van der Waals surface area contributed by atoms with Crippen molar-refractivity contribution in [2.75, 3.05) is 0 Å². The molecule has 0 bridgehead atoms. The van der Waals surface area contributed by atoms with Gasteiger partial charge in [-0.15, -0.1) is 0 Å². The van der Waals surface area contributed by atoms with Gasteiger partial charge >= 0.3 is 0 Å². The van der Waals surface area contributed by atoms with Crippen LogP contribution >= 0.6 is 0 Å². The quantitative estimate of drug-likeness (QED) is 0.487. The van der Waals surface area contributed by atoms with E-state index in [1.807, 2.05) is 0 Å². The first-order valence-corrected chi connectivity index (χ1v) is 8.86. The zero-order valence-electron chi connectivity index (χ0n) is 13.8. The lowest BCUT2D eigenvalue weighted by Crippen LogP contribution is -2.48. The molecule has 0 aromatic rings. The van der Waals surface area contributed by atoms with E-state index in [4.69, 9.17) is 0 Å². The predicted octanol–water partition coefficient (Wildman–Crippen LogP) is 5.88. The van der Waals surface area contributed by atoms with E-state index in [0.29, 0.717) is 10.8 Å². The van der Waals surface area contributed by atoms with Gasteiger partial charge in [-0.05, 0) is 86.0 Å². The Kier molecular flexibility index (Phi) is 2.88. The van der Waals surface area contributed by atoms with E-state index in [0.717, 1.165) is 17.8 Å². The van der Waals surface area contributed by atoms with E-state index in [-0.39, 0.29) is 0 Å². The van der Waals surface area contributed by atoms with Gasteiger partial charge in [0.15, 0.2) is 0 Å². The highest BCUT2D eigenvalue weighted by Crippen LogP contribution is 2.65.